The topological polar surface area (TPSA) is 12.5 Å². The van der Waals surface area contributed by atoms with Crippen LogP contribution in [-0.4, -0.2) is 30.5 Å². The van der Waals surface area contributed by atoms with E-state index in [2.05, 4.69) is 23.4 Å². The molecule has 0 bridgehead atoms. The molecule has 0 unspecified atom stereocenters. The van der Waals surface area contributed by atoms with Crippen LogP contribution in [-0.2, 0) is 4.74 Å². The monoisotopic (exact) mass is 511 g/mol. The minimum absolute atomic E-state index is 0. The van der Waals surface area contributed by atoms with Crippen molar-refractivity contribution in [2.45, 2.75) is 110 Å². The third kappa shape index (κ3) is 19.7. The molecule has 0 atom stereocenters. The molecule has 0 aliphatic carbocycles. The Morgan fingerprint density at radius 2 is 1.19 bits per heavy atom. The van der Waals surface area contributed by atoms with Gasteiger partial charge in [-0.2, -0.15) is 0 Å². The second-order valence-corrected chi connectivity index (χ2v) is 8.67. The van der Waals surface area contributed by atoms with Crippen molar-refractivity contribution in [3.05, 3.63) is 11.6 Å². The van der Waals surface area contributed by atoms with Gasteiger partial charge in [0.25, 0.3) is 0 Å². The van der Waals surface area contributed by atoms with E-state index in [-0.39, 0.29) is 24.0 Å². The van der Waals surface area contributed by atoms with Crippen molar-refractivity contribution in [1.82, 2.24) is 4.90 Å². The zero-order valence-electron chi connectivity index (χ0n) is 18.0. The molecule has 0 fully saturated rings. The van der Waals surface area contributed by atoms with Gasteiger partial charge in [-0.25, -0.2) is 0 Å². The Morgan fingerprint density at radius 3 is 1.67 bits per heavy atom. The van der Waals surface area contributed by atoms with Crippen LogP contribution in [0.2, 0.25) is 0 Å². The fourth-order valence-corrected chi connectivity index (χ4v) is 4.22. The van der Waals surface area contributed by atoms with E-state index in [1.165, 1.54) is 109 Å². The van der Waals surface area contributed by atoms with Crippen molar-refractivity contribution in [3.8, 4) is 0 Å². The molecule has 27 heavy (non-hydrogen) atoms. The quantitative estimate of drug-likeness (QED) is 0.120. The SMILES string of the molecule is CCCCCCCCCCCCCCCCOCCCCN1C=CSC1.I. The molecule has 0 aromatic carbocycles. The number of thioether (sulfide) groups is 1. The van der Waals surface area contributed by atoms with Gasteiger partial charge in [-0.3, -0.25) is 0 Å². The summed E-state index contributed by atoms with van der Waals surface area (Å²) in [6, 6.07) is 0. The fourth-order valence-electron chi connectivity index (χ4n) is 3.47. The summed E-state index contributed by atoms with van der Waals surface area (Å²) in [6.45, 7) is 5.40. The molecule has 0 N–H and O–H groups in total. The van der Waals surface area contributed by atoms with Crippen LogP contribution in [0.15, 0.2) is 11.6 Å². The third-order valence-electron chi connectivity index (χ3n) is 5.23. The summed E-state index contributed by atoms with van der Waals surface area (Å²) in [5.41, 5.74) is 0. The molecule has 2 nitrogen and oxygen atoms in total. The van der Waals surface area contributed by atoms with Crippen LogP contribution in [0.4, 0.5) is 0 Å². The fraction of sp³-hybridized carbons (Fsp3) is 0.913. The number of ether oxygens (including phenoxy) is 1. The summed E-state index contributed by atoms with van der Waals surface area (Å²) in [5, 5.41) is 2.19. The number of nitrogens with zero attached hydrogens (tertiary/aromatic N) is 1. The van der Waals surface area contributed by atoms with Crippen LogP contribution >= 0.6 is 35.7 Å². The first-order chi connectivity index (χ1) is 12.9. The van der Waals surface area contributed by atoms with Crippen LogP contribution in [0.5, 0.6) is 0 Å². The molecule has 0 saturated heterocycles. The Kier molecular flexibility index (Phi) is 23.4. The summed E-state index contributed by atoms with van der Waals surface area (Å²) in [7, 11) is 0. The lowest BCUT2D eigenvalue weighted by atomic mass is 10.0. The van der Waals surface area contributed by atoms with Gasteiger partial charge >= 0.3 is 0 Å². The average Bonchev–Trinajstić information content (AvgIpc) is 3.17. The second kappa shape index (κ2) is 22.9. The Morgan fingerprint density at radius 1 is 0.704 bits per heavy atom. The first-order valence-corrected chi connectivity index (χ1v) is 12.6. The summed E-state index contributed by atoms with van der Waals surface area (Å²) < 4.78 is 5.76. The number of halogens is 1. The lowest BCUT2D eigenvalue weighted by molar-refractivity contribution is 0.125. The minimum Gasteiger partial charge on any atom is -0.381 e. The largest absolute Gasteiger partial charge is 0.381 e. The molecule has 0 spiro atoms. The maximum absolute atomic E-state index is 5.76. The van der Waals surface area contributed by atoms with Crippen molar-refractivity contribution in [1.29, 1.82) is 0 Å². The number of hydrogen-bond acceptors (Lipinski definition) is 3. The van der Waals surface area contributed by atoms with Gasteiger partial charge in [0.2, 0.25) is 0 Å². The standard InChI is InChI=1S/C23H45NOS.HI/c1-2-3-4-5-6-7-8-9-10-11-12-13-14-16-20-25-21-17-15-18-24-19-22-26-23-24;/h19,22H,2-18,20-21,23H2,1H3;1H. The van der Waals surface area contributed by atoms with Crippen molar-refractivity contribution in [2.75, 3.05) is 25.6 Å². The van der Waals surface area contributed by atoms with E-state index in [9.17, 15) is 0 Å². The van der Waals surface area contributed by atoms with Crippen molar-refractivity contribution >= 4 is 35.7 Å². The summed E-state index contributed by atoms with van der Waals surface area (Å²) in [5.74, 6) is 1.14. The van der Waals surface area contributed by atoms with E-state index in [0.717, 1.165) is 19.1 Å². The Bertz CT molecular complexity index is 315. The number of hydrogen-bond donors (Lipinski definition) is 0. The normalized spacial score (nSPS) is 13.3. The van der Waals surface area contributed by atoms with Gasteiger partial charge in [0.05, 0.1) is 5.88 Å². The molecule has 0 aromatic heterocycles. The van der Waals surface area contributed by atoms with Gasteiger partial charge in [0, 0.05) is 26.0 Å². The number of unbranched alkanes of at least 4 members (excludes halogenated alkanes) is 14. The predicted molar refractivity (Wildman–Crippen MR) is 134 cm³/mol. The highest BCUT2D eigenvalue weighted by Crippen LogP contribution is 2.15. The van der Waals surface area contributed by atoms with Crippen molar-refractivity contribution in [2.24, 2.45) is 0 Å². The smallest absolute Gasteiger partial charge is 0.0675 e. The lowest BCUT2D eigenvalue weighted by Crippen LogP contribution is -2.15. The first-order valence-electron chi connectivity index (χ1n) is 11.5. The summed E-state index contributed by atoms with van der Waals surface area (Å²) in [6.07, 6.45) is 24.6. The van der Waals surface area contributed by atoms with Crippen molar-refractivity contribution in [3.63, 3.8) is 0 Å². The Balaban J connectivity index is 0.00000676. The molecule has 0 aromatic rings. The molecular weight excluding hydrogens is 465 g/mol. The Hall–Kier alpha value is 0.580. The van der Waals surface area contributed by atoms with Gasteiger partial charge in [-0.15, -0.1) is 35.7 Å². The van der Waals surface area contributed by atoms with E-state index >= 15 is 0 Å². The predicted octanol–water partition coefficient (Wildman–Crippen LogP) is 8.36. The highest BCUT2D eigenvalue weighted by atomic mass is 127. The van der Waals surface area contributed by atoms with Gasteiger partial charge < -0.3 is 9.64 Å². The van der Waals surface area contributed by atoms with E-state index in [1.54, 1.807) is 0 Å². The van der Waals surface area contributed by atoms with Gasteiger partial charge in [-0.1, -0.05) is 90.4 Å². The van der Waals surface area contributed by atoms with Crippen LogP contribution in [0.1, 0.15) is 110 Å². The molecule has 0 saturated carbocycles. The summed E-state index contributed by atoms with van der Waals surface area (Å²) >= 11 is 1.89. The molecule has 1 heterocycles. The van der Waals surface area contributed by atoms with Crippen LogP contribution in [0.25, 0.3) is 0 Å². The zero-order chi connectivity index (χ0) is 18.5. The highest BCUT2D eigenvalue weighted by molar-refractivity contribution is 14.0. The van der Waals surface area contributed by atoms with E-state index in [1.807, 2.05) is 11.8 Å². The molecule has 1 rings (SSSR count). The zero-order valence-corrected chi connectivity index (χ0v) is 21.1. The van der Waals surface area contributed by atoms with E-state index in [0.29, 0.717) is 0 Å². The minimum atomic E-state index is 0. The maximum Gasteiger partial charge on any atom is 0.0675 e. The molecule has 1 aliphatic rings. The van der Waals surface area contributed by atoms with Gasteiger partial charge in [0.15, 0.2) is 0 Å². The van der Waals surface area contributed by atoms with Crippen LogP contribution in [0.3, 0.4) is 0 Å². The molecular formula is C23H46INOS. The highest BCUT2D eigenvalue weighted by Gasteiger charge is 2.03. The third-order valence-corrected chi connectivity index (χ3v) is 6.03. The average molecular weight is 512 g/mol. The van der Waals surface area contributed by atoms with Gasteiger partial charge in [-0.05, 0) is 24.7 Å². The second-order valence-electron chi connectivity index (χ2n) is 7.81. The summed E-state index contributed by atoms with van der Waals surface area (Å²) in [4.78, 5) is 2.39. The van der Waals surface area contributed by atoms with Crippen LogP contribution < -0.4 is 0 Å². The maximum atomic E-state index is 5.76. The molecule has 4 heteroatoms. The molecule has 0 radical (unpaired) electrons. The lowest BCUT2D eigenvalue weighted by Gasteiger charge is -2.13. The Labute approximate surface area is 191 Å². The molecule has 162 valence electrons. The van der Waals surface area contributed by atoms with E-state index in [4.69, 9.17) is 4.74 Å². The van der Waals surface area contributed by atoms with Crippen LogP contribution in [0, 0.1) is 0 Å². The molecule has 1 aliphatic heterocycles. The molecule has 0 amide bonds. The number of rotatable bonds is 20. The van der Waals surface area contributed by atoms with Gasteiger partial charge in [0.1, 0.15) is 0 Å². The van der Waals surface area contributed by atoms with Crippen molar-refractivity contribution < 1.29 is 4.74 Å². The van der Waals surface area contributed by atoms with E-state index < -0.39 is 0 Å². The first kappa shape index (κ1) is 27.6.